The molecule has 0 aromatic carbocycles. The van der Waals surface area contributed by atoms with Crippen molar-refractivity contribution in [3.63, 3.8) is 0 Å². The van der Waals surface area contributed by atoms with Crippen molar-refractivity contribution in [3.05, 3.63) is 47.4 Å². The molecule has 0 saturated carbocycles. The number of hydrogen-bond donors (Lipinski definition) is 1. The lowest BCUT2D eigenvalue weighted by Crippen LogP contribution is -2.34. The van der Waals surface area contributed by atoms with Crippen LogP contribution in [0.2, 0.25) is 0 Å². The molecule has 1 fully saturated rings. The molecule has 0 spiro atoms. The Bertz CT molecular complexity index is 853. The molecular formula is C23H30BrN3O. The van der Waals surface area contributed by atoms with Crippen LogP contribution in [0.4, 0.5) is 0 Å². The zero-order valence-corrected chi connectivity index (χ0v) is 18.5. The van der Waals surface area contributed by atoms with Crippen LogP contribution in [0.3, 0.4) is 0 Å². The van der Waals surface area contributed by atoms with Gasteiger partial charge in [-0.05, 0) is 98.7 Å². The number of rotatable bonds is 1. The normalized spacial score (nSPS) is 24.5. The maximum Gasteiger partial charge on any atom is 0.115 e. The van der Waals surface area contributed by atoms with E-state index in [0.717, 1.165) is 29.8 Å². The number of piperidine rings is 1. The van der Waals surface area contributed by atoms with Gasteiger partial charge >= 0.3 is 0 Å². The quantitative estimate of drug-likeness (QED) is 0.682. The molecule has 1 unspecified atom stereocenters. The SMILES string of the molecule is CCO.CN1CCC(C2CC=CC3=C2N=C(Br)C2=CCCc4ccn3c42)CC1. The molecule has 0 radical (unpaired) electrons. The summed E-state index contributed by atoms with van der Waals surface area (Å²) in [7, 11) is 2.24. The van der Waals surface area contributed by atoms with E-state index in [1.165, 1.54) is 54.2 Å². The third-order valence-corrected chi connectivity index (χ3v) is 6.90. The maximum atomic E-state index is 7.57. The number of aromatic nitrogens is 1. The second-order valence-electron chi connectivity index (χ2n) is 8.09. The fourth-order valence-electron chi connectivity index (χ4n) is 4.90. The summed E-state index contributed by atoms with van der Waals surface area (Å²) in [5, 5.41) is 7.57. The highest BCUT2D eigenvalue weighted by molar-refractivity contribution is 9.18. The van der Waals surface area contributed by atoms with E-state index >= 15 is 0 Å². The highest BCUT2D eigenvalue weighted by Crippen LogP contribution is 2.43. The third-order valence-electron chi connectivity index (χ3n) is 6.30. The second kappa shape index (κ2) is 8.52. The van der Waals surface area contributed by atoms with Crippen LogP contribution in [-0.4, -0.2) is 45.9 Å². The van der Waals surface area contributed by atoms with Gasteiger partial charge in [-0.2, -0.15) is 0 Å². The molecule has 2 aliphatic heterocycles. The van der Waals surface area contributed by atoms with Gasteiger partial charge in [-0.1, -0.05) is 12.2 Å². The highest BCUT2D eigenvalue weighted by Gasteiger charge is 2.34. The zero-order chi connectivity index (χ0) is 19.7. The van der Waals surface area contributed by atoms with Gasteiger partial charge in [0.15, 0.2) is 0 Å². The molecule has 5 heteroatoms. The monoisotopic (exact) mass is 443 g/mol. The fraction of sp³-hybridized carbons (Fsp3) is 0.522. The standard InChI is InChI=1S/C21H24BrN3.C2H6O/c1-24-11-8-14(9-12-24)16-5-3-7-18-19(16)23-21(22)17-6-2-4-15-10-13-25(18)20(15)17;1-2-3/h3,6-7,10,13-14,16H,2,4-5,8-9,11-12H2,1H3;3H,2H2,1H3. The number of halogens is 1. The molecule has 1 aromatic rings. The molecule has 150 valence electrons. The van der Waals surface area contributed by atoms with Crippen LogP contribution < -0.4 is 0 Å². The average Bonchev–Trinajstić information content (AvgIpc) is 3.08. The lowest BCUT2D eigenvalue weighted by atomic mass is 9.78. The molecule has 4 aliphatic rings. The van der Waals surface area contributed by atoms with Gasteiger partial charge in [-0.25, -0.2) is 4.99 Å². The highest BCUT2D eigenvalue weighted by atomic mass is 79.9. The summed E-state index contributed by atoms with van der Waals surface area (Å²) in [6.45, 7) is 4.35. The van der Waals surface area contributed by atoms with Crippen molar-refractivity contribution in [2.24, 2.45) is 16.8 Å². The predicted molar refractivity (Wildman–Crippen MR) is 121 cm³/mol. The zero-order valence-electron chi connectivity index (χ0n) is 16.9. The molecule has 1 atom stereocenters. The topological polar surface area (TPSA) is 40.8 Å². The number of aryl methyl sites for hydroxylation is 1. The number of aliphatic hydroxyl groups excluding tert-OH is 1. The van der Waals surface area contributed by atoms with E-state index in [9.17, 15) is 0 Å². The number of aliphatic imine (C=N–C) groups is 1. The van der Waals surface area contributed by atoms with Gasteiger partial charge in [0.1, 0.15) is 4.62 Å². The van der Waals surface area contributed by atoms with Crippen LogP contribution >= 0.6 is 15.9 Å². The summed E-state index contributed by atoms with van der Waals surface area (Å²) in [6, 6.07) is 2.30. The first-order valence-electron chi connectivity index (χ1n) is 10.5. The summed E-state index contributed by atoms with van der Waals surface area (Å²) < 4.78 is 3.41. The minimum Gasteiger partial charge on any atom is -0.397 e. The van der Waals surface area contributed by atoms with Gasteiger partial charge in [-0.3, -0.25) is 0 Å². The van der Waals surface area contributed by atoms with Crippen LogP contribution in [0, 0.1) is 11.8 Å². The smallest absolute Gasteiger partial charge is 0.115 e. The van der Waals surface area contributed by atoms with Gasteiger partial charge in [0.25, 0.3) is 0 Å². The molecule has 1 N–H and O–H groups in total. The summed E-state index contributed by atoms with van der Waals surface area (Å²) in [5.41, 5.74) is 6.65. The van der Waals surface area contributed by atoms with Crippen molar-refractivity contribution >= 4 is 31.8 Å². The summed E-state index contributed by atoms with van der Waals surface area (Å²) in [4.78, 5) is 7.60. The first-order valence-corrected chi connectivity index (χ1v) is 11.3. The van der Waals surface area contributed by atoms with E-state index in [2.05, 4.69) is 62.9 Å². The van der Waals surface area contributed by atoms with E-state index in [1.54, 1.807) is 6.92 Å². The number of aliphatic hydroxyl groups is 1. The van der Waals surface area contributed by atoms with E-state index in [1.807, 2.05) is 0 Å². The van der Waals surface area contributed by atoms with Gasteiger partial charge in [0, 0.05) is 24.3 Å². The molecule has 1 saturated heterocycles. The van der Waals surface area contributed by atoms with Crippen molar-refractivity contribution in [3.8, 4) is 0 Å². The lowest BCUT2D eigenvalue weighted by molar-refractivity contribution is 0.184. The first-order chi connectivity index (χ1) is 13.6. The van der Waals surface area contributed by atoms with Crippen LogP contribution in [0.15, 0.2) is 41.2 Å². The average molecular weight is 444 g/mol. The number of allylic oxidation sites excluding steroid dienone is 6. The van der Waals surface area contributed by atoms with Crippen LogP contribution in [0.5, 0.6) is 0 Å². The molecule has 0 amide bonds. The van der Waals surface area contributed by atoms with Crippen molar-refractivity contribution in [1.82, 2.24) is 9.47 Å². The lowest BCUT2D eigenvalue weighted by Gasteiger charge is -2.35. The third kappa shape index (κ3) is 3.60. The minimum atomic E-state index is 0.250. The van der Waals surface area contributed by atoms with Gasteiger partial charge in [-0.15, -0.1) is 0 Å². The molecule has 0 bridgehead atoms. The van der Waals surface area contributed by atoms with Crippen LogP contribution in [-0.2, 0) is 6.42 Å². The number of likely N-dealkylation sites (tertiary alicyclic amines) is 1. The molecule has 28 heavy (non-hydrogen) atoms. The van der Waals surface area contributed by atoms with Gasteiger partial charge in [0.05, 0.1) is 17.1 Å². The number of hydrogen-bond acceptors (Lipinski definition) is 3. The van der Waals surface area contributed by atoms with Gasteiger partial charge < -0.3 is 14.6 Å². The molecule has 3 heterocycles. The Labute approximate surface area is 176 Å². The maximum absolute atomic E-state index is 7.57. The number of fused-ring (bicyclic) bond motifs is 1. The van der Waals surface area contributed by atoms with Crippen molar-refractivity contribution in [2.75, 3.05) is 26.7 Å². The van der Waals surface area contributed by atoms with Crippen molar-refractivity contribution in [2.45, 2.75) is 39.0 Å². The summed E-state index contributed by atoms with van der Waals surface area (Å²) in [6.07, 6.45) is 15.2. The Morgan fingerprint density at radius 3 is 2.79 bits per heavy atom. The van der Waals surface area contributed by atoms with E-state index < -0.39 is 0 Å². The van der Waals surface area contributed by atoms with Crippen molar-refractivity contribution < 1.29 is 5.11 Å². The summed E-state index contributed by atoms with van der Waals surface area (Å²) in [5.74, 6) is 1.28. The molecule has 4 nitrogen and oxygen atoms in total. The predicted octanol–water partition coefficient (Wildman–Crippen LogP) is 4.71. The first kappa shape index (κ1) is 19.9. The van der Waals surface area contributed by atoms with Crippen LogP contribution in [0.1, 0.15) is 43.9 Å². The van der Waals surface area contributed by atoms with E-state index in [-0.39, 0.29) is 6.61 Å². The van der Waals surface area contributed by atoms with E-state index in [4.69, 9.17) is 10.1 Å². The molecule has 1 aromatic heterocycles. The Morgan fingerprint density at radius 1 is 1.29 bits per heavy atom. The molecule has 5 rings (SSSR count). The molecular weight excluding hydrogens is 414 g/mol. The fourth-order valence-corrected chi connectivity index (χ4v) is 5.44. The largest absolute Gasteiger partial charge is 0.397 e. The van der Waals surface area contributed by atoms with E-state index in [0.29, 0.717) is 5.92 Å². The second-order valence-corrected chi connectivity index (χ2v) is 8.84. The Morgan fingerprint density at radius 2 is 2.04 bits per heavy atom. The van der Waals surface area contributed by atoms with Crippen molar-refractivity contribution in [1.29, 1.82) is 0 Å². The van der Waals surface area contributed by atoms with Gasteiger partial charge in [0.2, 0.25) is 0 Å². The Balaban J connectivity index is 0.000000604. The Hall–Kier alpha value is -1.43. The Kier molecular flexibility index (Phi) is 6.04. The minimum absolute atomic E-state index is 0.250. The summed E-state index contributed by atoms with van der Waals surface area (Å²) >= 11 is 3.81. The molecule has 2 aliphatic carbocycles. The van der Waals surface area contributed by atoms with Crippen LogP contribution in [0.25, 0.3) is 11.3 Å². The number of nitrogens with zero attached hydrogens (tertiary/aromatic N) is 3.